The second-order valence-electron chi connectivity index (χ2n) is 5.05. The topological polar surface area (TPSA) is 68.5 Å². The fraction of sp³-hybridized carbons (Fsp3) is 0.267. The van der Waals surface area contributed by atoms with Crippen LogP contribution in [0.1, 0.15) is 5.89 Å². The molecule has 1 aliphatic heterocycles. The van der Waals surface area contributed by atoms with Crippen molar-refractivity contribution >= 4 is 11.6 Å². The van der Waals surface area contributed by atoms with Crippen molar-refractivity contribution in [2.75, 3.05) is 18.1 Å². The van der Waals surface area contributed by atoms with Gasteiger partial charge in [-0.15, -0.1) is 6.58 Å². The Kier molecular flexibility index (Phi) is 4.10. The Bertz CT molecular complexity index is 755. The van der Waals surface area contributed by atoms with Crippen LogP contribution in [-0.2, 0) is 15.7 Å². The Morgan fingerprint density at radius 2 is 2.00 bits per heavy atom. The van der Waals surface area contributed by atoms with Crippen LogP contribution in [0.15, 0.2) is 41.4 Å². The first-order valence-electron chi connectivity index (χ1n) is 6.94. The Morgan fingerprint density at radius 3 is 2.58 bits per heavy atom. The number of carbonyl (C=O) groups is 1. The number of carbonyl (C=O) groups excluding carboxylic acids is 1. The van der Waals surface area contributed by atoms with Gasteiger partial charge in [-0.3, -0.25) is 4.79 Å². The van der Waals surface area contributed by atoms with E-state index in [9.17, 15) is 18.0 Å². The summed E-state index contributed by atoms with van der Waals surface area (Å²) in [5.41, 5.74) is 0.922. The van der Waals surface area contributed by atoms with Crippen molar-refractivity contribution in [2.45, 2.75) is 12.2 Å². The number of alkyl halides is 3. The monoisotopic (exact) mass is 339 g/mol. The van der Waals surface area contributed by atoms with Crippen LogP contribution in [0.25, 0.3) is 11.4 Å². The molecule has 0 radical (unpaired) electrons. The third kappa shape index (κ3) is 3.02. The molecule has 1 aromatic heterocycles. The minimum absolute atomic E-state index is 0.0358. The van der Waals surface area contributed by atoms with Crippen LogP contribution < -0.4 is 4.90 Å². The maximum atomic E-state index is 12.5. The van der Waals surface area contributed by atoms with Gasteiger partial charge in [0.05, 0.1) is 12.6 Å². The first-order valence-corrected chi connectivity index (χ1v) is 6.94. The van der Waals surface area contributed by atoms with Gasteiger partial charge < -0.3 is 14.2 Å². The van der Waals surface area contributed by atoms with Crippen LogP contribution in [0, 0.1) is 0 Å². The van der Waals surface area contributed by atoms with Gasteiger partial charge in [0.1, 0.15) is 6.61 Å². The maximum absolute atomic E-state index is 12.5. The highest BCUT2D eigenvalue weighted by molar-refractivity contribution is 5.96. The van der Waals surface area contributed by atoms with Gasteiger partial charge in [-0.2, -0.15) is 18.2 Å². The van der Waals surface area contributed by atoms with Gasteiger partial charge in [0.2, 0.25) is 5.82 Å². The maximum Gasteiger partial charge on any atom is 0.471 e. The van der Waals surface area contributed by atoms with Gasteiger partial charge >= 0.3 is 12.1 Å². The smallest absolute Gasteiger partial charge is 0.369 e. The van der Waals surface area contributed by atoms with Gasteiger partial charge in [0, 0.05) is 11.3 Å². The molecule has 1 aromatic carbocycles. The summed E-state index contributed by atoms with van der Waals surface area (Å²) in [6, 6.07) is 5.92. The summed E-state index contributed by atoms with van der Waals surface area (Å²) in [5, 5.41) is 3.32. The molecule has 0 unspecified atom stereocenters. The van der Waals surface area contributed by atoms with E-state index in [-0.39, 0.29) is 24.4 Å². The zero-order valence-electron chi connectivity index (χ0n) is 12.3. The Labute approximate surface area is 134 Å². The fourth-order valence-corrected chi connectivity index (χ4v) is 2.33. The molecule has 6 nitrogen and oxygen atoms in total. The lowest BCUT2D eigenvalue weighted by Gasteiger charge is -2.33. The number of hydrogen-bond donors (Lipinski definition) is 0. The van der Waals surface area contributed by atoms with Crippen molar-refractivity contribution in [2.24, 2.45) is 0 Å². The predicted molar refractivity (Wildman–Crippen MR) is 77.0 cm³/mol. The fourth-order valence-electron chi connectivity index (χ4n) is 2.33. The van der Waals surface area contributed by atoms with E-state index in [1.54, 1.807) is 18.2 Å². The van der Waals surface area contributed by atoms with E-state index in [0.29, 0.717) is 17.9 Å². The number of benzene rings is 1. The highest BCUT2D eigenvalue weighted by atomic mass is 19.4. The van der Waals surface area contributed by atoms with Crippen LogP contribution in [0.3, 0.4) is 0 Å². The SMILES string of the molecule is C=C[C@@H]1COCC(=O)N1c1ccc(-c2noc(C(F)(F)F)n2)cc1. The molecule has 2 aromatic rings. The Morgan fingerprint density at radius 1 is 1.29 bits per heavy atom. The lowest BCUT2D eigenvalue weighted by Crippen LogP contribution is -2.48. The molecule has 1 saturated heterocycles. The molecular weight excluding hydrogens is 327 g/mol. The molecule has 1 aliphatic rings. The third-order valence-electron chi connectivity index (χ3n) is 3.46. The number of halogens is 3. The second-order valence-corrected chi connectivity index (χ2v) is 5.05. The van der Waals surface area contributed by atoms with Crippen LogP contribution in [0.5, 0.6) is 0 Å². The number of aromatic nitrogens is 2. The molecule has 126 valence electrons. The van der Waals surface area contributed by atoms with E-state index in [1.807, 2.05) is 0 Å². The van der Waals surface area contributed by atoms with E-state index in [0.717, 1.165) is 0 Å². The lowest BCUT2D eigenvalue weighted by molar-refractivity contribution is -0.159. The third-order valence-corrected chi connectivity index (χ3v) is 3.46. The first-order chi connectivity index (χ1) is 11.4. The summed E-state index contributed by atoms with van der Waals surface area (Å²) in [4.78, 5) is 16.9. The summed E-state index contributed by atoms with van der Waals surface area (Å²) >= 11 is 0. The Balaban J connectivity index is 1.86. The number of nitrogens with zero attached hydrogens (tertiary/aromatic N) is 3. The van der Waals surface area contributed by atoms with E-state index in [1.165, 1.54) is 17.0 Å². The summed E-state index contributed by atoms with van der Waals surface area (Å²) in [5.74, 6) is -1.81. The molecule has 0 N–H and O–H groups in total. The number of anilines is 1. The molecule has 0 spiro atoms. The molecule has 1 fully saturated rings. The Hall–Kier alpha value is -2.68. The van der Waals surface area contributed by atoms with Crippen molar-refractivity contribution in [3.63, 3.8) is 0 Å². The largest absolute Gasteiger partial charge is 0.471 e. The van der Waals surface area contributed by atoms with E-state index in [4.69, 9.17) is 4.74 Å². The average Bonchev–Trinajstić information content (AvgIpc) is 3.05. The molecule has 3 rings (SSSR count). The first kappa shape index (κ1) is 16.2. The lowest BCUT2D eigenvalue weighted by atomic mass is 10.1. The summed E-state index contributed by atoms with van der Waals surface area (Å²) < 4.78 is 46.8. The minimum Gasteiger partial charge on any atom is -0.369 e. The molecule has 1 atom stereocenters. The number of hydrogen-bond acceptors (Lipinski definition) is 5. The van der Waals surface area contributed by atoms with Crippen molar-refractivity contribution < 1.29 is 27.2 Å². The predicted octanol–water partition coefficient (Wildman–Crippen LogP) is 2.67. The van der Waals surface area contributed by atoms with Crippen molar-refractivity contribution in [3.05, 3.63) is 42.8 Å². The van der Waals surface area contributed by atoms with E-state index < -0.39 is 12.1 Å². The molecule has 0 aliphatic carbocycles. The van der Waals surface area contributed by atoms with Crippen LogP contribution >= 0.6 is 0 Å². The molecule has 2 heterocycles. The standard InChI is InChI=1S/C15H12F3N3O3/c1-2-10-7-23-8-12(22)21(10)11-5-3-9(4-6-11)13-19-14(24-20-13)15(16,17)18/h2-6,10H,1,7-8H2/t10-/m1/s1. The highest BCUT2D eigenvalue weighted by Gasteiger charge is 2.38. The second kappa shape index (κ2) is 6.08. The molecule has 1 amide bonds. The van der Waals surface area contributed by atoms with Crippen molar-refractivity contribution in [1.29, 1.82) is 0 Å². The van der Waals surface area contributed by atoms with Gasteiger partial charge in [0.15, 0.2) is 0 Å². The van der Waals surface area contributed by atoms with Crippen molar-refractivity contribution in [1.82, 2.24) is 10.1 Å². The quantitative estimate of drug-likeness (QED) is 0.804. The molecule has 9 heteroatoms. The average molecular weight is 339 g/mol. The normalized spacial score (nSPS) is 18.7. The molecule has 0 bridgehead atoms. The van der Waals surface area contributed by atoms with Crippen molar-refractivity contribution in [3.8, 4) is 11.4 Å². The van der Waals surface area contributed by atoms with E-state index >= 15 is 0 Å². The summed E-state index contributed by atoms with van der Waals surface area (Å²) in [7, 11) is 0. The van der Waals surface area contributed by atoms with Gasteiger partial charge in [-0.05, 0) is 24.3 Å². The minimum atomic E-state index is -4.69. The van der Waals surface area contributed by atoms with Gasteiger partial charge in [-0.1, -0.05) is 11.2 Å². The number of ether oxygens (including phenoxy) is 1. The molecule has 24 heavy (non-hydrogen) atoms. The summed E-state index contributed by atoms with van der Waals surface area (Å²) in [6.07, 6.45) is -3.09. The van der Waals surface area contributed by atoms with Gasteiger partial charge in [-0.25, -0.2) is 0 Å². The number of rotatable bonds is 3. The zero-order valence-corrected chi connectivity index (χ0v) is 12.3. The van der Waals surface area contributed by atoms with Crippen LogP contribution in [0.2, 0.25) is 0 Å². The van der Waals surface area contributed by atoms with E-state index in [2.05, 4.69) is 21.2 Å². The van der Waals surface area contributed by atoms with Crippen LogP contribution in [-0.4, -0.2) is 35.3 Å². The number of amides is 1. The molecule has 0 saturated carbocycles. The highest BCUT2D eigenvalue weighted by Crippen LogP contribution is 2.30. The van der Waals surface area contributed by atoms with Crippen LogP contribution in [0.4, 0.5) is 18.9 Å². The van der Waals surface area contributed by atoms with Gasteiger partial charge in [0.25, 0.3) is 5.91 Å². The number of morpholine rings is 1. The summed E-state index contributed by atoms with van der Waals surface area (Å²) in [6.45, 7) is 3.97. The molecular formula is C15H12F3N3O3. The zero-order chi connectivity index (χ0) is 17.3.